The molecular formula is C114H112Br4N8O19S2W. The van der Waals surface area contributed by atoms with Crippen molar-refractivity contribution < 1.29 is 117 Å². The van der Waals surface area contributed by atoms with E-state index in [-0.39, 0.29) is 111 Å². The minimum atomic E-state index is -3.96. The molecule has 6 aliphatic carbocycles. The maximum atomic E-state index is 13.8. The van der Waals surface area contributed by atoms with Gasteiger partial charge in [-0.15, -0.1) is 0 Å². The van der Waals surface area contributed by atoms with E-state index in [1.807, 2.05) is 211 Å². The van der Waals surface area contributed by atoms with Gasteiger partial charge < -0.3 is 37.3 Å². The van der Waals surface area contributed by atoms with Gasteiger partial charge >= 0.3 is 29.8 Å². The molecule has 0 saturated carbocycles. The number of rotatable bonds is 23. The van der Waals surface area contributed by atoms with Crippen LogP contribution < -0.4 is 14.6 Å². The molecule has 13 aromatic rings. The van der Waals surface area contributed by atoms with Gasteiger partial charge in [0, 0.05) is 133 Å². The van der Waals surface area contributed by atoms with Crippen molar-refractivity contribution in [2.75, 3.05) is 31.8 Å². The number of benzene rings is 7. The van der Waals surface area contributed by atoms with E-state index in [0.717, 1.165) is 148 Å². The fourth-order valence-electron chi connectivity index (χ4n) is 19.3. The quantitative estimate of drug-likeness (QED) is 0.0130. The van der Waals surface area contributed by atoms with Gasteiger partial charge in [0.2, 0.25) is 21.6 Å². The summed E-state index contributed by atoms with van der Waals surface area (Å²) in [6, 6.07) is 70.5. The molecule has 4 atom stereocenters. The number of hydrogen-bond donors (Lipinski definition) is 5. The molecule has 7 aromatic carbocycles. The van der Waals surface area contributed by atoms with Crippen LogP contribution >= 0.6 is 75.1 Å². The molecule has 4 unspecified atom stereocenters. The number of nitrogens with zero attached hydrogens (tertiary/aromatic N) is 7. The number of nitrogens with two attached hydrogens (primary N) is 1. The number of esters is 2. The summed E-state index contributed by atoms with van der Waals surface area (Å²) in [5, 5.41) is 45.2. The number of halogens is 4. The fourth-order valence-corrected chi connectivity index (χ4v) is 23.1. The summed E-state index contributed by atoms with van der Waals surface area (Å²) in [7, 11) is -2.42. The number of anilines is 1. The van der Waals surface area contributed by atoms with Crippen molar-refractivity contribution in [2.45, 2.75) is 147 Å². The summed E-state index contributed by atoms with van der Waals surface area (Å²) in [4.78, 5) is 153. The topological polar surface area (TPSA) is 419 Å². The Kier molecular flexibility index (Phi) is 39.0. The maximum absolute atomic E-state index is 13.8. The monoisotopic (exact) mass is 2460 g/mol. The molecule has 0 spiro atoms. The van der Waals surface area contributed by atoms with Crippen LogP contribution in [-0.4, -0.2) is 145 Å². The van der Waals surface area contributed by atoms with Gasteiger partial charge in [0.25, 0.3) is 0 Å². The van der Waals surface area contributed by atoms with Gasteiger partial charge in [-0.25, -0.2) is 18.5 Å². The molecule has 1 amide bonds. The van der Waals surface area contributed by atoms with E-state index in [9.17, 15) is 81.6 Å². The molecule has 6 N–H and O–H groups in total. The molecule has 0 bridgehead atoms. The molecule has 768 valence electrons. The first-order chi connectivity index (χ1) is 69.4. The molecule has 0 saturated heterocycles. The average Bonchev–Trinajstić information content (AvgIpc) is 1.62. The molecule has 34 heteroatoms. The summed E-state index contributed by atoms with van der Waals surface area (Å²) in [5.41, 5.74) is 17.3. The van der Waals surface area contributed by atoms with E-state index in [2.05, 4.69) is 113 Å². The van der Waals surface area contributed by atoms with Crippen molar-refractivity contribution in [3.05, 3.63) is 356 Å². The van der Waals surface area contributed by atoms with E-state index >= 15 is 0 Å². The van der Waals surface area contributed by atoms with Crippen LogP contribution in [0.3, 0.4) is 0 Å². The Morgan fingerprint density at radius 1 is 0.405 bits per heavy atom. The zero-order valence-corrected chi connectivity index (χ0v) is 94.0. The Morgan fingerprint density at radius 2 is 0.736 bits per heavy atom. The van der Waals surface area contributed by atoms with Crippen molar-refractivity contribution in [2.24, 2.45) is 37.6 Å². The molecule has 27 nitrogen and oxygen atoms in total. The largest absolute Gasteiger partial charge is 0.481 e. The third-order valence-corrected chi connectivity index (χ3v) is 32.7. The number of Topliss-reactive ketones (excluding diaryl/α,β-unsaturated/α-hetero) is 5. The van der Waals surface area contributed by atoms with Crippen LogP contribution in [0, 0.1) is 46.8 Å². The molecule has 6 heterocycles. The van der Waals surface area contributed by atoms with Crippen molar-refractivity contribution in [1.29, 1.82) is 0 Å². The predicted octanol–water partition coefficient (Wildman–Crippen LogP) is 19.0. The molecule has 148 heavy (non-hydrogen) atoms. The Hall–Kier alpha value is -12.4. The molecule has 0 fully saturated rings. The number of amides is 1. The second-order valence-corrected chi connectivity index (χ2v) is 43.2. The van der Waals surface area contributed by atoms with Crippen molar-refractivity contribution in [3.63, 3.8) is 0 Å². The third kappa shape index (κ3) is 26.5. The van der Waals surface area contributed by atoms with Gasteiger partial charge in [-0.1, -0.05) is 172 Å². The van der Waals surface area contributed by atoms with Crippen molar-refractivity contribution >= 4 is 155 Å². The van der Waals surface area contributed by atoms with E-state index in [1.165, 1.54) is 78.5 Å². The van der Waals surface area contributed by atoms with E-state index in [1.54, 1.807) is 24.8 Å². The van der Waals surface area contributed by atoms with Crippen LogP contribution in [0.1, 0.15) is 132 Å². The number of aromatic nitrogens is 6. The van der Waals surface area contributed by atoms with E-state index < -0.39 is 72.4 Å². The average molecular weight is 2470 g/mol. The van der Waals surface area contributed by atoms with Gasteiger partial charge in [-0.2, -0.15) is 4.57 Å². The predicted molar refractivity (Wildman–Crippen MR) is 574 cm³/mol. The minimum Gasteiger partial charge on any atom is -0.481 e. The van der Waals surface area contributed by atoms with Crippen LogP contribution in [0.15, 0.2) is 269 Å². The van der Waals surface area contributed by atoms with Crippen LogP contribution in [0.5, 0.6) is 0 Å². The van der Waals surface area contributed by atoms with Gasteiger partial charge in [-0.3, -0.25) is 77.6 Å². The van der Waals surface area contributed by atoms with E-state index in [0.29, 0.717) is 64.2 Å². The van der Waals surface area contributed by atoms with Gasteiger partial charge in [0.05, 0.1) is 56.7 Å². The number of thiazole rings is 1. The van der Waals surface area contributed by atoms with Crippen LogP contribution in [0.25, 0.3) is 50.7 Å². The third-order valence-electron chi connectivity index (χ3n) is 27.8. The number of primary sulfonamides is 1. The van der Waals surface area contributed by atoms with Gasteiger partial charge in [-0.05, 0) is 294 Å². The summed E-state index contributed by atoms with van der Waals surface area (Å²) < 4.78 is 38.0. The number of ketones is 5. The van der Waals surface area contributed by atoms with E-state index in [4.69, 9.17) is 14.6 Å². The summed E-state index contributed by atoms with van der Waals surface area (Å²) in [6.45, 7) is 11.0. The second kappa shape index (κ2) is 49.8. The molecule has 0 radical (unpaired) electrons. The number of aliphatic hydroxyl groups excluding tert-OH is 1. The number of hydrogen-bond acceptors (Lipinski definition) is 22. The number of carbonyl (C=O) groups is 11. The molecule has 6 aliphatic rings. The first-order valence-corrected chi connectivity index (χ1v) is 52.9. The Bertz CT molecular complexity index is 7130. The molecular weight excluding hydrogens is 2350 g/mol. The molecule has 0 aliphatic heterocycles. The summed E-state index contributed by atoms with van der Waals surface area (Å²) in [6.07, 6.45) is 15.7. The number of carboxylic acid groups (broad SMARTS) is 3. The summed E-state index contributed by atoms with van der Waals surface area (Å²) >= 11 is 14.6. The number of aryl methyl sites for hydroxylation is 1. The molecule has 19 rings (SSSR count). The number of aliphatic carboxylic acids is 3. The van der Waals surface area contributed by atoms with Crippen molar-refractivity contribution in [1.82, 2.24) is 24.9 Å². The van der Waals surface area contributed by atoms with Gasteiger partial charge in [0.15, 0.2) is 21.7 Å². The second-order valence-electron chi connectivity index (χ2n) is 37.5. The zero-order chi connectivity index (χ0) is 106. The minimum absolute atomic E-state index is 0. The zero-order valence-electron chi connectivity index (χ0n) is 83.1. The number of fused-ring (bicyclic) bond motifs is 6. The maximum Gasteiger partial charge on any atom is 0.317 e. The summed E-state index contributed by atoms with van der Waals surface area (Å²) in [5.74, 6) is -4.56. The number of pyridine rings is 5. The first-order valence-electron chi connectivity index (χ1n) is 46.7. The molecule has 6 aromatic heterocycles. The Balaban J connectivity index is 0.000000167. The van der Waals surface area contributed by atoms with Crippen LogP contribution in [0.4, 0.5) is 5.13 Å². The van der Waals surface area contributed by atoms with Crippen LogP contribution in [-0.2, 0) is 181 Å². The number of ether oxygens (including phenoxy) is 2. The normalized spacial score (nSPS) is 17.4. The first kappa shape index (κ1) is 116. The smallest absolute Gasteiger partial charge is 0.317 e. The number of aliphatic hydroxyl groups is 1. The fraction of sp³-hybridized carbons (Fsp3) is 0.281. The number of alkyl halides is 2. The number of sulfonamides is 1. The number of carbonyl (C=O) groups excluding carboxylic acids is 8. The standard InChI is InChI=1S/C23H25N4O5S2.C18H17NO4.C18H17NO2.C17H15NO3.C16H15NO3.C13H13BrO2.C8H7Br3.CH3.W/c1-15-20(34(24,30)31)33-22(25-15)26(3)21(29)23(14-32-16(2)28)12-17-7-8-19(11-18(17)13-23)27-9-5-4-6-10-27;1-12(20)23-11-18(17(21)22)9-14-6-5-13(8-15(14)10-18)16-4-2-3-7-19-16;1-12(20)18(13(2)21)10-15-7-6-14(9-16(15)11-18)17-5-3-4-8-19-17;1-11(19)17(16(20)21)9-13-6-5-12(8-14(13)10-17)15-4-2-3-7-18-15;18-10-16(15(19)20)8-12-5-4-11(7-13(12)9-16)14-3-1-2-6-17-14;1-8(15)13(9(2)16)6-10-3-4-12(14)5-11(10)7-13;9-4-6-1-2-8(11)3-7(6)5-10;;/h4-11H,12-14H2,1-3H3,(H2,24,30,31);2-8H,9-11H2,1H3,(H,21,22);3-9H,10-11H2,1-2H3;2-8H,9-10H2,1H3,(H,20,21);1-7,18H,8-10H2,(H,19,20);3-5H,6-7H2,1-2H3;1-3H,4-5H2;1H3;/q+1;;;;;;;-1;. The van der Waals surface area contributed by atoms with Crippen LogP contribution in [0.2, 0.25) is 0 Å². The Morgan fingerprint density at radius 3 is 1.11 bits per heavy atom. The SMILES string of the molecule is BrCc1ccc(Br)cc1CBr.CC(=O)C1(C(=O)O)Cc2ccc(-c3ccccn3)cc2C1.CC(=O)C1(C(C)=O)Cc2ccc(-c3ccccn3)cc2C1.CC(=O)C1(C(C)=O)Cc2ccc(Br)cc2C1.CC(=O)OCC1(C(=O)N(C)c2nc(C)c(S(N)(=O)=O)s2)Cc2ccc(-[n+]3ccccc3)cc2C1.CC(=O)OCC1(C(=O)O)Cc2ccc(-c3ccccn3)cc2C1.O=C(O)C1(CO)Cc2ccc(-c3ccccn3)cc2C1.[CH3-].[W]. The van der Waals surface area contributed by atoms with Crippen molar-refractivity contribution in [3.8, 4) is 50.7 Å². The Labute approximate surface area is 911 Å². The number of carboxylic acids is 3. The van der Waals surface area contributed by atoms with Gasteiger partial charge in [0.1, 0.15) is 53.0 Å².